The smallest absolute Gasteiger partial charge is 0.330 e. The maximum Gasteiger partial charge on any atom is 0.330 e. The lowest BCUT2D eigenvalue weighted by atomic mass is 10.2. The highest BCUT2D eigenvalue weighted by atomic mass is 31.2. The Morgan fingerprint density at radius 3 is 1.72 bits per heavy atom. The van der Waals surface area contributed by atoms with Crippen molar-refractivity contribution in [2.45, 2.75) is 27.1 Å². The molecule has 0 aromatic carbocycles. The summed E-state index contributed by atoms with van der Waals surface area (Å²) in [5, 5.41) is 0. The fraction of sp³-hybridized carbons (Fsp3) is 0.800. The minimum Gasteiger partial charge on any atom is -0.425 e. The second-order valence-electron chi connectivity index (χ2n) is 3.72. The van der Waals surface area contributed by atoms with Gasteiger partial charge in [0.05, 0.1) is 6.16 Å². The third-order valence-electron chi connectivity index (χ3n) is 2.10. The van der Waals surface area contributed by atoms with E-state index in [1.807, 2.05) is 0 Å². The SMILES string of the molecule is COP(=O)(CC(C)C(OC(C)=O)OC(C)=O)OC. The van der Waals surface area contributed by atoms with E-state index in [1.54, 1.807) is 6.92 Å². The van der Waals surface area contributed by atoms with E-state index in [2.05, 4.69) is 0 Å². The number of hydrogen-bond acceptors (Lipinski definition) is 7. The number of hydrogen-bond donors (Lipinski definition) is 0. The van der Waals surface area contributed by atoms with Gasteiger partial charge < -0.3 is 18.5 Å². The van der Waals surface area contributed by atoms with Gasteiger partial charge in [-0.05, 0) is 0 Å². The molecule has 0 aliphatic heterocycles. The maximum absolute atomic E-state index is 11.9. The van der Waals surface area contributed by atoms with Crippen LogP contribution in [-0.4, -0.2) is 38.6 Å². The van der Waals surface area contributed by atoms with Crippen LogP contribution >= 0.6 is 7.60 Å². The van der Waals surface area contributed by atoms with Gasteiger partial charge in [0.1, 0.15) is 0 Å². The Balaban J connectivity index is 4.73. The highest BCUT2D eigenvalue weighted by molar-refractivity contribution is 7.53. The molecule has 0 amide bonds. The number of esters is 2. The van der Waals surface area contributed by atoms with Gasteiger partial charge in [0.2, 0.25) is 0 Å². The number of ether oxygens (including phenoxy) is 2. The Morgan fingerprint density at radius 2 is 1.44 bits per heavy atom. The van der Waals surface area contributed by atoms with E-state index < -0.39 is 31.7 Å². The van der Waals surface area contributed by atoms with E-state index in [-0.39, 0.29) is 6.16 Å². The average Bonchev–Trinajstić information content (AvgIpc) is 2.26. The van der Waals surface area contributed by atoms with Crippen molar-refractivity contribution in [1.29, 1.82) is 0 Å². The summed E-state index contributed by atoms with van der Waals surface area (Å²) >= 11 is 0. The van der Waals surface area contributed by atoms with E-state index in [4.69, 9.17) is 18.5 Å². The van der Waals surface area contributed by atoms with Crippen molar-refractivity contribution < 1.29 is 32.7 Å². The standard InChI is InChI=1S/C10H19O7P/c1-7(6-18(13,14-4)15-5)10(16-8(2)11)17-9(3)12/h7,10H,6H2,1-5H3. The lowest BCUT2D eigenvalue weighted by molar-refractivity contribution is -0.192. The number of carbonyl (C=O) groups excluding carboxylic acids is 2. The number of carbonyl (C=O) groups is 2. The minimum absolute atomic E-state index is 0.0365. The van der Waals surface area contributed by atoms with Crippen LogP contribution in [0.1, 0.15) is 20.8 Å². The van der Waals surface area contributed by atoms with Gasteiger partial charge in [-0.2, -0.15) is 0 Å². The van der Waals surface area contributed by atoms with Gasteiger partial charge in [-0.3, -0.25) is 14.2 Å². The predicted molar refractivity (Wildman–Crippen MR) is 63.0 cm³/mol. The molecule has 0 aromatic heterocycles. The number of rotatable bonds is 7. The molecule has 0 radical (unpaired) electrons. The lowest BCUT2D eigenvalue weighted by Crippen LogP contribution is -2.31. The van der Waals surface area contributed by atoms with Gasteiger partial charge in [0.25, 0.3) is 6.29 Å². The fourth-order valence-electron chi connectivity index (χ4n) is 1.25. The van der Waals surface area contributed by atoms with Gasteiger partial charge in [0.15, 0.2) is 0 Å². The molecular weight excluding hydrogens is 263 g/mol. The predicted octanol–water partition coefficient (Wildman–Crippen LogP) is 1.56. The van der Waals surface area contributed by atoms with E-state index >= 15 is 0 Å². The van der Waals surface area contributed by atoms with Gasteiger partial charge in [-0.25, -0.2) is 0 Å². The molecule has 0 rings (SSSR count). The molecule has 0 N–H and O–H groups in total. The maximum atomic E-state index is 11.9. The van der Waals surface area contributed by atoms with Gasteiger partial charge in [0, 0.05) is 34.0 Å². The molecule has 0 saturated carbocycles. The molecule has 1 atom stereocenters. The molecule has 0 fully saturated rings. The van der Waals surface area contributed by atoms with E-state index in [0.717, 1.165) is 0 Å². The first kappa shape index (κ1) is 17.1. The van der Waals surface area contributed by atoms with Crippen LogP contribution in [0.5, 0.6) is 0 Å². The van der Waals surface area contributed by atoms with Crippen LogP contribution in [0.3, 0.4) is 0 Å². The van der Waals surface area contributed by atoms with Crippen LogP contribution < -0.4 is 0 Å². The molecule has 0 aliphatic rings. The molecule has 0 saturated heterocycles. The summed E-state index contributed by atoms with van der Waals surface area (Å²) in [6.07, 6.45) is -1.15. The molecule has 8 heteroatoms. The summed E-state index contributed by atoms with van der Waals surface area (Å²) in [6.45, 7) is 3.99. The van der Waals surface area contributed by atoms with Crippen molar-refractivity contribution in [2.75, 3.05) is 20.4 Å². The van der Waals surface area contributed by atoms with Crippen LogP contribution in [0.15, 0.2) is 0 Å². The molecule has 1 unspecified atom stereocenters. The summed E-state index contributed by atoms with van der Waals surface area (Å²) in [5.41, 5.74) is 0. The van der Waals surface area contributed by atoms with Gasteiger partial charge in [-0.15, -0.1) is 0 Å². The zero-order chi connectivity index (χ0) is 14.3. The molecule has 7 nitrogen and oxygen atoms in total. The fourth-order valence-corrected chi connectivity index (χ4v) is 2.57. The van der Waals surface area contributed by atoms with E-state index in [9.17, 15) is 14.2 Å². The molecule has 0 spiro atoms. The van der Waals surface area contributed by atoms with Crippen molar-refractivity contribution in [2.24, 2.45) is 5.92 Å². The second-order valence-corrected chi connectivity index (χ2v) is 6.04. The first-order valence-corrected chi connectivity index (χ1v) is 7.02. The third kappa shape index (κ3) is 6.14. The molecule has 0 aromatic rings. The average molecular weight is 282 g/mol. The molecule has 0 aliphatic carbocycles. The van der Waals surface area contributed by atoms with Crippen molar-refractivity contribution >= 4 is 19.5 Å². The summed E-state index contributed by atoms with van der Waals surface area (Å²) in [4.78, 5) is 21.8. The van der Waals surface area contributed by atoms with Crippen LogP contribution in [0.25, 0.3) is 0 Å². The van der Waals surface area contributed by atoms with Crippen LogP contribution in [0.2, 0.25) is 0 Å². The Hall–Kier alpha value is -0.910. The second kappa shape index (κ2) is 7.51. The normalized spacial score (nSPS) is 13.2. The van der Waals surface area contributed by atoms with Crippen LogP contribution in [0.4, 0.5) is 0 Å². The molecule has 0 bridgehead atoms. The first-order chi connectivity index (χ1) is 8.24. The van der Waals surface area contributed by atoms with Crippen molar-refractivity contribution in [3.8, 4) is 0 Å². The summed E-state index contributed by atoms with van der Waals surface area (Å²) in [6, 6.07) is 0. The zero-order valence-electron chi connectivity index (χ0n) is 11.2. The molecule has 0 heterocycles. The Labute approximate surface area is 106 Å². The molecular formula is C10H19O7P. The van der Waals surface area contributed by atoms with Crippen LogP contribution in [0, 0.1) is 5.92 Å². The van der Waals surface area contributed by atoms with Gasteiger partial charge in [-0.1, -0.05) is 6.92 Å². The summed E-state index contributed by atoms with van der Waals surface area (Å²) in [5.74, 6) is -1.72. The van der Waals surface area contributed by atoms with Crippen molar-refractivity contribution in [1.82, 2.24) is 0 Å². The summed E-state index contributed by atoms with van der Waals surface area (Å²) in [7, 11) is -0.753. The topological polar surface area (TPSA) is 88.1 Å². The first-order valence-electron chi connectivity index (χ1n) is 5.29. The lowest BCUT2D eigenvalue weighted by Gasteiger charge is -2.25. The Bertz CT molecular complexity index is 317. The zero-order valence-corrected chi connectivity index (χ0v) is 12.1. The van der Waals surface area contributed by atoms with Crippen molar-refractivity contribution in [3.05, 3.63) is 0 Å². The monoisotopic (exact) mass is 282 g/mol. The Morgan fingerprint density at radius 1 is 1.06 bits per heavy atom. The van der Waals surface area contributed by atoms with E-state index in [1.165, 1.54) is 28.1 Å². The van der Waals surface area contributed by atoms with Gasteiger partial charge >= 0.3 is 19.5 Å². The Kier molecular flexibility index (Phi) is 7.13. The molecule has 18 heavy (non-hydrogen) atoms. The van der Waals surface area contributed by atoms with Crippen molar-refractivity contribution in [3.63, 3.8) is 0 Å². The van der Waals surface area contributed by atoms with Crippen LogP contribution in [-0.2, 0) is 32.7 Å². The highest BCUT2D eigenvalue weighted by Gasteiger charge is 2.32. The quantitative estimate of drug-likeness (QED) is 0.397. The minimum atomic E-state index is -3.26. The third-order valence-corrected chi connectivity index (χ3v) is 4.23. The van der Waals surface area contributed by atoms with E-state index in [0.29, 0.717) is 0 Å². The largest absolute Gasteiger partial charge is 0.425 e. The highest BCUT2D eigenvalue weighted by Crippen LogP contribution is 2.48. The molecule has 106 valence electrons. The summed E-state index contributed by atoms with van der Waals surface area (Å²) < 4.78 is 31.1.